The predicted molar refractivity (Wildman–Crippen MR) is 107 cm³/mol. The second kappa shape index (κ2) is 7.52. The standard InChI is InChI=1S/C19H21N3O3S2/c1-11(16(23)20-10-12-6-5-9-25-12)26-19-21-17-15(18(24)22(19)2)13-7-3-4-8-14(13)27-17/h5-6,9,11H,3-4,7-8,10H2,1-2H3,(H,20,23)/t11-/m0/s1. The third-order valence-electron chi connectivity index (χ3n) is 4.82. The number of nitrogens with one attached hydrogen (secondary N) is 1. The lowest BCUT2D eigenvalue weighted by atomic mass is 9.97. The van der Waals surface area contributed by atoms with Gasteiger partial charge in [-0.2, -0.15) is 0 Å². The first-order valence-corrected chi connectivity index (χ1v) is 10.7. The van der Waals surface area contributed by atoms with Gasteiger partial charge in [0.05, 0.1) is 23.4 Å². The highest BCUT2D eigenvalue weighted by Crippen LogP contribution is 2.34. The number of fused-ring (bicyclic) bond motifs is 3. The minimum Gasteiger partial charge on any atom is -0.467 e. The van der Waals surface area contributed by atoms with E-state index in [-0.39, 0.29) is 16.7 Å². The molecular weight excluding hydrogens is 382 g/mol. The number of thiophene rings is 1. The van der Waals surface area contributed by atoms with Crippen LogP contribution in [0.3, 0.4) is 0 Å². The predicted octanol–water partition coefficient (Wildman–Crippen LogP) is 3.26. The molecule has 0 spiro atoms. The van der Waals surface area contributed by atoms with Crippen LogP contribution in [-0.2, 0) is 31.2 Å². The van der Waals surface area contributed by atoms with Crippen molar-refractivity contribution in [3.05, 3.63) is 45.0 Å². The lowest BCUT2D eigenvalue weighted by Gasteiger charge is -2.13. The van der Waals surface area contributed by atoms with Gasteiger partial charge in [0.2, 0.25) is 5.91 Å². The summed E-state index contributed by atoms with van der Waals surface area (Å²) in [5.74, 6) is 0.591. The number of thioether (sulfide) groups is 1. The van der Waals surface area contributed by atoms with Crippen LogP contribution in [-0.4, -0.2) is 20.7 Å². The van der Waals surface area contributed by atoms with Crippen molar-refractivity contribution in [2.24, 2.45) is 7.05 Å². The number of furan rings is 1. The quantitative estimate of drug-likeness (QED) is 0.523. The summed E-state index contributed by atoms with van der Waals surface area (Å²) in [6, 6.07) is 3.60. The molecule has 1 atom stereocenters. The molecule has 0 aliphatic heterocycles. The maximum Gasteiger partial charge on any atom is 0.262 e. The topological polar surface area (TPSA) is 77.1 Å². The van der Waals surface area contributed by atoms with E-state index in [0.717, 1.165) is 29.5 Å². The Morgan fingerprint density at radius 1 is 1.44 bits per heavy atom. The molecule has 1 amide bonds. The summed E-state index contributed by atoms with van der Waals surface area (Å²) in [5, 5.41) is 3.83. The van der Waals surface area contributed by atoms with Crippen molar-refractivity contribution in [1.29, 1.82) is 0 Å². The fraction of sp³-hybridized carbons (Fsp3) is 0.421. The number of aromatic nitrogens is 2. The molecule has 3 aromatic rings. The second-order valence-corrected chi connectivity index (χ2v) is 9.10. The molecule has 1 aliphatic carbocycles. The summed E-state index contributed by atoms with van der Waals surface area (Å²) in [6.07, 6.45) is 5.88. The first-order valence-electron chi connectivity index (χ1n) is 9.02. The highest BCUT2D eigenvalue weighted by molar-refractivity contribution is 8.00. The minimum atomic E-state index is -0.370. The number of carbonyl (C=O) groups is 1. The summed E-state index contributed by atoms with van der Waals surface area (Å²) in [5.41, 5.74) is 1.18. The molecular formula is C19H21N3O3S2. The summed E-state index contributed by atoms with van der Waals surface area (Å²) < 4.78 is 6.80. The van der Waals surface area contributed by atoms with E-state index in [1.54, 1.807) is 35.3 Å². The maximum atomic E-state index is 12.9. The maximum absolute atomic E-state index is 12.9. The molecule has 0 radical (unpaired) electrons. The normalized spacial score (nSPS) is 14.9. The Hall–Kier alpha value is -2.06. The van der Waals surface area contributed by atoms with Crippen molar-refractivity contribution < 1.29 is 9.21 Å². The highest BCUT2D eigenvalue weighted by atomic mass is 32.2. The van der Waals surface area contributed by atoms with Gasteiger partial charge in [0.25, 0.3) is 5.56 Å². The molecule has 4 rings (SSSR count). The largest absolute Gasteiger partial charge is 0.467 e. The van der Waals surface area contributed by atoms with Crippen molar-refractivity contribution in [1.82, 2.24) is 14.9 Å². The lowest BCUT2D eigenvalue weighted by Crippen LogP contribution is -2.31. The summed E-state index contributed by atoms with van der Waals surface area (Å²) in [7, 11) is 1.73. The molecule has 6 nitrogen and oxygen atoms in total. The Morgan fingerprint density at radius 2 is 2.26 bits per heavy atom. The Bertz CT molecular complexity index is 1040. The molecule has 0 saturated carbocycles. The second-order valence-electron chi connectivity index (χ2n) is 6.71. The van der Waals surface area contributed by atoms with Crippen LogP contribution in [0.2, 0.25) is 0 Å². The Kier molecular flexibility index (Phi) is 5.10. The molecule has 0 unspecified atom stereocenters. The van der Waals surface area contributed by atoms with Crippen LogP contribution in [0.15, 0.2) is 32.8 Å². The van der Waals surface area contributed by atoms with E-state index in [1.165, 1.54) is 28.6 Å². The van der Waals surface area contributed by atoms with Crippen molar-refractivity contribution in [2.45, 2.75) is 49.6 Å². The highest BCUT2D eigenvalue weighted by Gasteiger charge is 2.23. The van der Waals surface area contributed by atoms with E-state index in [4.69, 9.17) is 9.40 Å². The van der Waals surface area contributed by atoms with Gasteiger partial charge in [-0.15, -0.1) is 11.3 Å². The molecule has 142 valence electrons. The lowest BCUT2D eigenvalue weighted by molar-refractivity contribution is -0.120. The van der Waals surface area contributed by atoms with Crippen LogP contribution in [0.4, 0.5) is 0 Å². The van der Waals surface area contributed by atoms with Gasteiger partial charge in [-0.3, -0.25) is 14.2 Å². The molecule has 0 bridgehead atoms. The summed E-state index contributed by atoms with van der Waals surface area (Å²) in [4.78, 5) is 32.1. The molecule has 3 heterocycles. The summed E-state index contributed by atoms with van der Waals surface area (Å²) >= 11 is 2.94. The van der Waals surface area contributed by atoms with E-state index in [0.29, 0.717) is 17.5 Å². The zero-order chi connectivity index (χ0) is 19.0. The van der Waals surface area contributed by atoms with Crippen molar-refractivity contribution in [3.63, 3.8) is 0 Å². The van der Waals surface area contributed by atoms with Gasteiger partial charge in [0.1, 0.15) is 10.6 Å². The van der Waals surface area contributed by atoms with Gasteiger partial charge >= 0.3 is 0 Å². The van der Waals surface area contributed by atoms with Crippen molar-refractivity contribution >= 4 is 39.2 Å². The van der Waals surface area contributed by atoms with E-state index in [9.17, 15) is 9.59 Å². The number of carbonyl (C=O) groups excluding carboxylic acids is 1. The first-order chi connectivity index (χ1) is 13.0. The number of nitrogens with zero attached hydrogens (tertiary/aromatic N) is 2. The van der Waals surface area contributed by atoms with Crippen LogP contribution in [0.25, 0.3) is 10.2 Å². The van der Waals surface area contributed by atoms with Crippen LogP contribution < -0.4 is 10.9 Å². The third kappa shape index (κ3) is 3.55. The fourth-order valence-corrected chi connectivity index (χ4v) is 5.52. The van der Waals surface area contributed by atoms with Crippen LogP contribution in [0, 0.1) is 0 Å². The van der Waals surface area contributed by atoms with Gasteiger partial charge in [-0.05, 0) is 50.3 Å². The third-order valence-corrected chi connectivity index (χ3v) is 7.15. The Balaban J connectivity index is 1.55. The minimum absolute atomic E-state index is 0.00917. The molecule has 8 heteroatoms. The number of aryl methyl sites for hydroxylation is 2. The van der Waals surface area contributed by atoms with Crippen LogP contribution in [0.5, 0.6) is 0 Å². The smallest absolute Gasteiger partial charge is 0.262 e. The van der Waals surface area contributed by atoms with E-state index < -0.39 is 0 Å². The molecule has 3 aromatic heterocycles. The monoisotopic (exact) mass is 403 g/mol. The number of rotatable bonds is 5. The molecule has 0 fully saturated rings. The molecule has 0 saturated heterocycles. The van der Waals surface area contributed by atoms with Gasteiger partial charge < -0.3 is 9.73 Å². The zero-order valence-corrected chi connectivity index (χ0v) is 16.9. The van der Waals surface area contributed by atoms with Crippen molar-refractivity contribution in [3.8, 4) is 0 Å². The Morgan fingerprint density at radius 3 is 3.04 bits per heavy atom. The number of amides is 1. The van der Waals surface area contributed by atoms with E-state index in [1.807, 2.05) is 13.0 Å². The molecule has 27 heavy (non-hydrogen) atoms. The van der Waals surface area contributed by atoms with Gasteiger partial charge in [0, 0.05) is 11.9 Å². The van der Waals surface area contributed by atoms with Crippen LogP contribution in [0.1, 0.15) is 36.0 Å². The van der Waals surface area contributed by atoms with E-state index in [2.05, 4.69) is 5.32 Å². The van der Waals surface area contributed by atoms with Crippen LogP contribution >= 0.6 is 23.1 Å². The number of hydrogen-bond acceptors (Lipinski definition) is 6. The fourth-order valence-electron chi connectivity index (χ4n) is 3.32. The molecule has 1 N–H and O–H groups in total. The van der Waals surface area contributed by atoms with Crippen molar-refractivity contribution in [2.75, 3.05) is 0 Å². The Labute approximate surface area is 165 Å². The molecule has 1 aliphatic rings. The molecule has 0 aromatic carbocycles. The summed E-state index contributed by atoms with van der Waals surface area (Å²) in [6.45, 7) is 2.16. The zero-order valence-electron chi connectivity index (χ0n) is 15.3. The average Bonchev–Trinajstić information content (AvgIpc) is 3.31. The number of hydrogen-bond donors (Lipinski definition) is 1. The van der Waals surface area contributed by atoms with Gasteiger partial charge in [-0.25, -0.2) is 4.98 Å². The first kappa shape index (κ1) is 18.3. The van der Waals surface area contributed by atoms with Gasteiger partial charge in [-0.1, -0.05) is 11.8 Å². The van der Waals surface area contributed by atoms with Gasteiger partial charge in [0.15, 0.2) is 5.16 Å². The SMILES string of the molecule is C[C@H](Sc1nc2sc3c(c2c(=O)n1C)CCCC3)C(=O)NCc1ccco1. The van der Waals surface area contributed by atoms with E-state index >= 15 is 0 Å². The average molecular weight is 404 g/mol.